The topological polar surface area (TPSA) is 83.8 Å². The minimum Gasteiger partial charge on any atom is -0.507 e. The summed E-state index contributed by atoms with van der Waals surface area (Å²) in [5, 5.41) is 20.2. The van der Waals surface area contributed by atoms with E-state index in [1.807, 2.05) is 12.1 Å². The van der Waals surface area contributed by atoms with Crippen LogP contribution in [0.25, 0.3) is 0 Å². The first-order chi connectivity index (χ1) is 14.4. The van der Waals surface area contributed by atoms with Crippen molar-refractivity contribution in [2.45, 2.75) is 19.3 Å². The van der Waals surface area contributed by atoms with Crippen LogP contribution in [-0.2, 0) is 0 Å². The molecule has 0 saturated heterocycles. The van der Waals surface area contributed by atoms with Crippen molar-refractivity contribution in [3.05, 3.63) is 89.5 Å². The SMILES string of the molecule is COc1ccc([C@@H](CC(=O)c2ccccc2O)[C@H](C)C(=O)c2ccccc2O)cc1. The van der Waals surface area contributed by atoms with Crippen molar-refractivity contribution in [1.29, 1.82) is 0 Å². The van der Waals surface area contributed by atoms with Crippen molar-refractivity contribution in [3.63, 3.8) is 0 Å². The second-order valence-corrected chi connectivity index (χ2v) is 7.19. The van der Waals surface area contributed by atoms with E-state index in [1.165, 1.54) is 12.1 Å². The van der Waals surface area contributed by atoms with Gasteiger partial charge in [0.15, 0.2) is 11.6 Å². The second kappa shape index (κ2) is 9.27. The van der Waals surface area contributed by atoms with Crippen molar-refractivity contribution < 1.29 is 24.5 Å². The number of phenols is 2. The Balaban J connectivity index is 1.96. The van der Waals surface area contributed by atoms with Gasteiger partial charge in [-0.1, -0.05) is 43.3 Å². The predicted molar refractivity (Wildman–Crippen MR) is 114 cm³/mol. The number of ether oxygens (including phenoxy) is 1. The molecule has 0 aliphatic heterocycles. The molecule has 2 N–H and O–H groups in total. The molecule has 3 aromatic rings. The van der Waals surface area contributed by atoms with Gasteiger partial charge in [0.25, 0.3) is 0 Å². The van der Waals surface area contributed by atoms with E-state index in [0.29, 0.717) is 5.75 Å². The lowest BCUT2D eigenvalue weighted by Gasteiger charge is -2.24. The van der Waals surface area contributed by atoms with E-state index in [4.69, 9.17) is 4.74 Å². The molecule has 0 saturated carbocycles. The lowest BCUT2D eigenvalue weighted by Crippen LogP contribution is -2.22. The predicted octanol–water partition coefficient (Wildman–Crippen LogP) is 4.98. The number of aromatic hydroxyl groups is 2. The van der Waals surface area contributed by atoms with Crippen molar-refractivity contribution in [2.24, 2.45) is 5.92 Å². The summed E-state index contributed by atoms with van der Waals surface area (Å²) < 4.78 is 5.21. The number of hydrogen-bond donors (Lipinski definition) is 2. The fourth-order valence-corrected chi connectivity index (χ4v) is 3.56. The summed E-state index contributed by atoms with van der Waals surface area (Å²) in [7, 11) is 1.57. The maximum Gasteiger partial charge on any atom is 0.170 e. The molecule has 0 spiro atoms. The summed E-state index contributed by atoms with van der Waals surface area (Å²) in [6.45, 7) is 1.75. The number of methoxy groups -OCH3 is 1. The Morgan fingerprint density at radius 2 is 1.37 bits per heavy atom. The average Bonchev–Trinajstić information content (AvgIpc) is 2.77. The van der Waals surface area contributed by atoms with Gasteiger partial charge in [0.2, 0.25) is 0 Å². The van der Waals surface area contributed by atoms with E-state index in [-0.39, 0.29) is 40.6 Å². The van der Waals surface area contributed by atoms with Gasteiger partial charge in [-0.3, -0.25) is 9.59 Å². The Labute approximate surface area is 175 Å². The van der Waals surface area contributed by atoms with Gasteiger partial charge in [-0.25, -0.2) is 0 Å². The Kier molecular flexibility index (Phi) is 6.52. The van der Waals surface area contributed by atoms with Gasteiger partial charge in [0.1, 0.15) is 17.2 Å². The highest BCUT2D eigenvalue weighted by molar-refractivity contribution is 6.02. The number of carbonyl (C=O) groups is 2. The second-order valence-electron chi connectivity index (χ2n) is 7.19. The largest absolute Gasteiger partial charge is 0.507 e. The van der Waals surface area contributed by atoms with E-state index >= 15 is 0 Å². The number of ketones is 2. The van der Waals surface area contributed by atoms with E-state index < -0.39 is 11.8 Å². The van der Waals surface area contributed by atoms with Crippen LogP contribution >= 0.6 is 0 Å². The first-order valence-electron chi connectivity index (χ1n) is 9.69. The first kappa shape index (κ1) is 21.1. The van der Waals surface area contributed by atoms with Crippen molar-refractivity contribution >= 4 is 11.6 Å². The number of phenolic OH excluding ortho intramolecular Hbond substituents is 2. The number of carbonyl (C=O) groups excluding carboxylic acids is 2. The van der Waals surface area contributed by atoms with E-state index in [2.05, 4.69) is 0 Å². The van der Waals surface area contributed by atoms with Gasteiger partial charge in [-0.05, 0) is 42.0 Å². The molecule has 0 amide bonds. The van der Waals surface area contributed by atoms with Crippen LogP contribution < -0.4 is 4.74 Å². The van der Waals surface area contributed by atoms with Crippen LogP contribution in [0.4, 0.5) is 0 Å². The molecule has 0 aliphatic rings. The molecule has 0 fully saturated rings. The fourth-order valence-electron chi connectivity index (χ4n) is 3.56. The van der Waals surface area contributed by atoms with E-state index in [9.17, 15) is 19.8 Å². The Morgan fingerprint density at radius 1 is 0.833 bits per heavy atom. The van der Waals surface area contributed by atoms with Crippen LogP contribution in [0.2, 0.25) is 0 Å². The Morgan fingerprint density at radius 3 is 1.90 bits per heavy atom. The summed E-state index contributed by atoms with van der Waals surface area (Å²) in [6, 6.07) is 20.0. The lowest BCUT2D eigenvalue weighted by atomic mass is 9.78. The molecule has 0 unspecified atom stereocenters. The zero-order chi connectivity index (χ0) is 21.7. The molecule has 5 heteroatoms. The van der Waals surface area contributed by atoms with Gasteiger partial charge in [-0.15, -0.1) is 0 Å². The maximum absolute atomic E-state index is 13.1. The lowest BCUT2D eigenvalue weighted by molar-refractivity contribution is 0.0885. The third-order valence-electron chi connectivity index (χ3n) is 5.34. The van der Waals surface area contributed by atoms with Crippen LogP contribution in [0.5, 0.6) is 17.2 Å². The summed E-state index contributed by atoms with van der Waals surface area (Å²) in [6.07, 6.45) is 0.0321. The smallest absolute Gasteiger partial charge is 0.170 e. The van der Waals surface area contributed by atoms with Crippen LogP contribution in [0.1, 0.15) is 45.5 Å². The first-order valence-corrected chi connectivity index (χ1v) is 9.69. The van der Waals surface area contributed by atoms with Gasteiger partial charge in [0.05, 0.1) is 18.2 Å². The molecule has 0 heterocycles. The molecule has 0 aliphatic carbocycles. The summed E-state index contributed by atoms with van der Waals surface area (Å²) in [5.41, 5.74) is 1.24. The standard InChI is InChI=1S/C25H24O5/c1-16(25(29)20-8-4-6-10-23(20)27)21(17-11-13-18(30-2)14-12-17)15-24(28)19-7-3-5-9-22(19)26/h3-14,16,21,26-27H,15H2,1-2H3/t16-,21-/m0/s1. The average molecular weight is 404 g/mol. The quantitative estimate of drug-likeness (QED) is 0.517. The monoisotopic (exact) mass is 404 g/mol. The molecular formula is C25H24O5. The Bertz CT molecular complexity index is 1040. The van der Waals surface area contributed by atoms with Crippen LogP contribution in [-0.4, -0.2) is 28.9 Å². The Hall–Kier alpha value is -3.60. The number of benzene rings is 3. The fraction of sp³-hybridized carbons (Fsp3) is 0.200. The molecule has 3 aromatic carbocycles. The summed E-state index contributed by atoms with van der Waals surface area (Å²) in [4.78, 5) is 26.1. The third kappa shape index (κ3) is 4.51. The highest BCUT2D eigenvalue weighted by Crippen LogP contribution is 2.35. The molecule has 0 bridgehead atoms. The minimum atomic E-state index is -0.582. The highest BCUT2D eigenvalue weighted by Gasteiger charge is 2.30. The van der Waals surface area contributed by atoms with Gasteiger partial charge < -0.3 is 14.9 Å². The van der Waals surface area contributed by atoms with Crippen LogP contribution in [0.15, 0.2) is 72.8 Å². The number of para-hydroxylation sites is 2. The van der Waals surface area contributed by atoms with Crippen LogP contribution in [0.3, 0.4) is 0 Å². The number of Topliss-reactive ketones (excluding diaryl/α,β-unsaturated/α-hetero) is 2. The summed E-state index contributed by atoms with van der Waals surface area (Å²) >= 11 is 0. The highest BCUT2D eigenvalue weighted by atomic mass is 16.5. The number of rotatable bonds is 8. The van der Waals surface area contributed by atoms with E-state index in [1.54, 1.807) is 62.6 Å². The molecule has 0 radical (unpaired) electrons. The molecule has 30 heavy (non-hydrogen) atoms. The van der Waals surface area contributed by atoms with Gasteiger partial charge in [0, 0.05) is 18.3 Å². The third-order valence-corrected chi connectivity index (χ3v) is 5.34. The van der Waals surface area contributed by atoms with Crippen molar-refractivity contribution in [3.8, 4) is 17.2 Å². The van der Waals surface area contributed by atoms with E-state index in [0.717, 1.165) is 5.56 Å². The molecule has 0 aromatic heterocycles. The molecule has 2 atom stereocenters. The number of hydrogen-bond acceptors (Lipinski definition) is 5. The maximum atomic E-state index is 13.1. The minimum absolute atomic E-state index is 0.0321. The normalized spacial score (nSPS) is 12.7. The molecule has 5 nitrogen and oxygen atoms in total. The van der Waals surface area contributed by atoms with Crippen molar-refractivity contribution in [2.75, 3.05) is 7.11 Å². The van der Waals surface area contributed by atoms with Crippen LogP contribution in [0, 0.1) is 5.92 Å². The molecule has 3 rings (SSSR count). The molecular weight excluding hydrogens is 380 g/mol. The van der Waals surface area contributed by atoms with Crippen molar-refractivity contribution in [1.82, 2.24) is 0 Å². The molecule has 154 valence electrons. The van der Waals surface area contributed by atoms with Gasteiger partial charge in [-0.2, -0.15) is 0 Å². The summed E-state index contributed by atoms with van der Waals surface area (Å²) in [5.74, 6) is -1.05. The van der Waals surface area contributed by atoms with Gasteiger partial charge >= 0.3 is 0 Å². The zero-order valence-electron chi connectivity index (χ0n) is 16.9. The zero-order valence-corrected chi connectivity index (χ0v) is 16.9.